The Bertz CT molecular complexity index is 701. The molecular weight excluding hydrogens is 334 g/mol. The van der Waals surface area contributed by atoms with Gasteiger partial charge in [0, 0.05) is 13.1 Å². The Morgan fingerprint density at radius 1 is 1.12 bits per heavy atom. The fourth-order valence-electron chi connectivity index (χ4n) is 1.83. The third-order valence-electron chi connectivity index (χ3n) is 3.16. The van der Waals surface area contributed by atoms with Crippen LogP contribution in [0.1, 0.15) is 59.7 Å². The van der Waals surface area contributed by atoms with Gasteiger partial charge in [-0.3, -0.25) is 14.1 Å². The lowest BCUT2D eigenvalue weighted by molar-refractivity contribution is 0.0945. The van der Waals surface area contributed by atoms with E-state index in [1.807, 2.05) is 20.8 Å². The lowest BCUT2D eigenvalue weighted by Crippen LogP contribution is -2.31. The molecule has 24 heavy (non-hydrogen) atoms. The summed E-state index contributed by atoms with van der Waals surface area (Å²) in [6.45, 7) is 6.02. The number of nitrogens with zero attached hydrogens (tertiary/aromatic N) is 1. The Labute approximate surface area is 141 Å². The largest absolute Gasteiger partial charge is 0.351 e. The number of pyridine rings is 1. The first-order valence-electron chi connectivity index (χ1n) is 7.67. The normalized spacial score (nSPS) is 11.4. The van der Waals surface area contributed by atoms with Crippen LogP contribution in [0.15, 0.2) is 12.1 Å². The highest BCUT2D eigenvalue weighted by molar-refractivity contribution is 7.85. The van der Waals surface area contributed by atoms with E-state index in [-0.39, 0.29) is 29.8 Å². The Hall–Kier alpha value is -2.00. The SMILES string of the molecule is CCCNC(=O)c1cc(C(C)C)cc(C(=O)NCCS(=O)(=O)O)n1. The van der Waals surface area contributed by atoms with Crippen molar-refractivity contribution in [2.45, 2.75) is 33.1 Å². The van der Waals surface area contributed by atoms with Crippen LogP contribution < -0.4 is 10.6 Å². The molecule has 0 atom stereocenters. The first-order valence-corrected chi connectivity index (χ1v) is 9.28. The van der Waals surface area contributed by atoms with Crippen LogP contribution in [-0.4, -0.2) is 48.6 Å². The number of carbonyl (C=O) groups excluding carboxylic acids is 2. The lowest BCUT2D eigenvalue weighted by Gasteiger charge is -2.11. The summed E-state index contributed by atoms with van der Waals surface area (Å²) in [5, 5.41) is 5.06. The molecule has 1 rings (SSSR count). The highest BCUT2D eigenvalue weighted by Gasteiger charge is 2.16. The third-order valence-corrected chi connectivity index (χ3v) is 3.88. The molecule has 0 aliphatic heterocycles. The number of hydrogen-bond donors (Lipinski definition) is 3. The molecule has 3 N–H and O–H groups in total. The predicted molar refractivity (Wildman–Crippen MR) is 89.7 cm³/mol. The summed E-state index contributed by atoms with van der Waals surface area (Å²) < 4.78 is 30.0. The maximum absolute atomic E-state index is 12.1. The zero-order valence-electron chi connectivity index (χ0n) is 14.0. The smallest absolute Gasteiger partial charge is 0.269 e. The Balaban J connectivity index is 2.98. The minimum absolute atomic E-state index is 0.0261. The zero-order valence-corrected chi connectivity index (χ0v) is 14.8. The second-order valence-corrected chi connectivity index (χ2v) is 7.20. The van der Waals surface area contributed by atoms with Gasteiger partial charge in [-0.25, -0.2) is 4.98 Å². The highest BCUT2D eigenvalue weighted by atomic mass is 32.2. The molecule has 1 aromatic rings. The van der Waals surface area contributed by atoms with Crippen molar-refractivity contribution in [3.8, 4) is 0 Å². The van der Waals surface area contributed by atoms with Crippen LogP contribution in [0.5, 0.6) is 0 Å². The van der Waals surface area contributed by atoms with Gasteiger partial charge in [0.2, 0.25) is 0 Å². The van der Waals surface area contributed by atoms with Crippen molar-refractivity contribution >= 4 is 21.9 Å². The third kappa shape index (κ3) is 6.63. The first-order chi connectivity index (χ1) is 11.1. The van der Waals surface area contributed by atoms with Gasteiger partial charge in [-0.2, -0.15) is 8.42 Å². The monoisotopic (exact) mass is 357 g/mol. The molecule has 0 unspecified atom stereocenters. The molecule has 1 aromatic heterocycles. The minimum Gasteiger partial charge on any atom is -0.351 e. The van der Waals surface area contributed by atoms with Gasteiger partial charge < -0.3 is 10.6 Å². The number of hydrogen-bond acceptors (Lipinski definition) is 5. The van der Waals surface area contributed by atoms with Crippen molar-refractivity contribution in [3.05, 3.63) is 29.1 Å². The van der Waals surface area contributed by atoms with Crippen molar-refractivity contribution in [2.75, 3.05) is 18.8 Å². The van der Waals surface area contributed by atoms with E-state index in [0.717, 1.165) is 12.0 Å². The van der Waals surface area contributed by atoms with E-state index >= 15 is 0 Å². The van der Waals surface area contributed by atoms with Crippen LogP contribution in [0.25, 0.3) is 0 Å². The van der Waals surface area contributed by atoms with Gasteiger partial charge in [-0.1, -0.05) is 20.8 Å². The van der Waals surface area contributed by atoms with Crippen molar-refractivity contribution in [2.24, 2.45) is 0 Å². The molecule has 0 fully saturated rings. The molecule has 8 nitrogen and oxygen atoms in total. The molecule has 0 aliphatic carbocycles. The molecule has 0 aliphatic rings. The van der Waals surface area contributed by atoms with Crippen molar-refractivity contribution in [1.82, 2.24) is 15.6 Å². The molecule has 1 heterocycles. The lowest BCUT2D eigenvalue weighted by atomic mass is 10.0. The summed E-state index contributed by atoms with van der Waals surface area (Å²) in [7, 11) is -4.15. The van der Waals surface area contributed by atoms with Gasteiger partial charge in [-0.15, -0.1) is 0 Å². The fourth-order valence-corrected chi connectivity index (χ4v) is 2.19. The average Bonchev–Trinajstić information content (AvgIpc) is 2.50. The molecule has 9 heteroatoms. The van der Waals surface area contributed by atoms with Gasteiger partial charge >= 0.3 is 0 Å². The fraction of sp³-hybridized carbons (Fsp3) is 0.533. The predicted octanol–water partition coefficient (Wildman–Crippen LogP) is 0.962. The second kappa shape index (κ2) is 8.74. The van der Waals surface area contributed by atoms with Gasteiger partial charge in [0.05, 0.1) is 5.75 Å². The van der Waals surface area contributed by atoms with Crippen LogP contribution >= 0.6 is 0 Å². The maximum Gasteiger partial charge on any atom is 0.269 e. The Kier molecular flexibility index (Phi) is 7.30. The molecule has 0 saturated heterocycles. The van der Waals surface area contributed by atoms with Gasteiger partial charge in [-0.05, 0) is 30.0 Å². The van der Waals surface area contributed by atoms with Crippen molar-refractivity contribution in [3.63, 3.8) is 0 Å². The Morgan fingerprint density at radius 2 is 1.62 bits per heavy atom. The van der Waals surface area contributed by atoms with Crippen LogP contribution in [0.4, 0.5) is 0 Å². The van der Waals surface area contributed by atoms with E-state index in [4.69, 9.17) is 4.55 Å². The highest BCUT2D eigenvalue weighted by Crippen LogP contribution is 2.16. The standard InChI is InChI=1S/C15H23N3O5S/c1-4-5-16-14(19)12-8-11(10(2)3)9-13(18-12)15(20)17-6-7-24(21,22)23/h8-10H,4-7H2,1-3H3,(H,16,19)(H,17,20)(H,21,22,23). The second-order valence-electron chi connectivity index (χ2n) is 5.62. The first kappa shape index (κ1) is 20.0. The summed E-state index contributed by atoms with van der Waals surface area (Å²) in [6, 6.07) is 3.19. The van der Waals surface area contributed by atoms with E-state index < -0.39 is 21.8 Å². The summed E-state index contributed by atoms with van der Waals surface area (Å²) >= 11 is 0. The average molecular weight is 357 g/mol. The number of aromatic nitrogens is 1. The van der Waals surface area contributed by atoms with Crippen LogP contribution in [0, 0.1) is 0 Å². The molecule has 0 spiro atoms. The Morgan fingerprint density at radius 3 is 2.04 bits per heavy atom. The van der Waals surface area contributed by atoms with Crippen molar-refractivity contribution in [1.29, 1.82) is 0 Å². The zero-order chi connectivity index (χ0) is 18.3. The summed E-state index contributed by atoms with van der Waals surface area (Å²) in [5.74, 6) is -1.49. The van der Waals surface area contributed by atoms with Crippen LogP contribution in [0.3, 0.4) is 0 Å². The number of nitrogens with one attached hydrogen (secondary N) is 2. The topological polar surface area (TPSA) is 125 Å². The molecule has 0 bridgehead atoms. The number of carbonyl (C=O) groups is 2. The summed E-state index contributed by atoms with van der Waals surface area (Å²) in [6.07, 6.45) is 0.776. The van der Waals surface area contributed by atoms with Gasteiger partial charge in [0.1, 0.15) is 11.4 Å². The van der Waals surface area contributed by atoms with E-state index in [9.17, 15) is 18.0 Å². The van der Waals surface area contributed by atoms with E-state index in [0.29, 0.717) is 6.54 Å². The van der Waals surface area contributed by atoms with Crippen LogP contribution in [-0.2, 0) is 10.1 Å². The quantitative estimate of drug-likeness (QED) is 0.595. The number of amides is 2. The minimum atomic E-state index is -4.15. The van der Waals surface area contributed by atoms with E-state index in [1.165, 1.54) is 0 Å². The summed E-state index contributed by atoms with van der Waals surface area (Å²) in [4.78, 5) is 28.2. The molecule has 0 radical (unpaired) electrons. The number of rotatable bonds is 8. The molecule has 2 amide bonds. The van der Waals surface area contributed by atoms with Gasteiger partial charge in [0.15, 0.2) is 0 Å². The van der Waals surface area contributed by atoms with Crippen molar-refractivity contribution < 1.29 is 22.6 Å². The summed E-state index contributed by atoms with van der Waals surface area (Å²) in [5.41, 5.74) is 0.930. The van der Waals surface area contributed by atoms with E-state index in [1.54, 1.807) is 12.1 Å². The molecule has 0 aromatic carbocycles. The van der Waals surface area contributed by atoms with Gasteiger partial charge in [0.25, 0.3) is 21.9 Å². The maximum atomic E-state index is 12.1. The molecular formula is C15H23N3O5S. The van der Waals surface area contributed by atoms with Crippen LogP contribution in [0.2, 0.25) is 0 Å². The van der Waals surface area contributed by atoms with E-state index in [2.05, 4.69) is 15.6 Å². The molecule has 134 valence electrons. The molecule has 0 saturated carbocycles.